The zero-order chi connectivity index (χ0) is 27.5. The Labute approximate surface area is 213 Å². The van der Waals surface area contributed by atoms with Gasteiger partial charge in [-0.3, -0.25) is 9.55 Å². The first-order valence-electron chi connectivity index (χ1n) is 10.9. The van der Waals surface area contributed by atoms with E-state index in [4.69, 9.17) is 0 Å². The second kappa shape index (κ2) is 10.4. The van der Waals surface area contributed by atoms with Gasteiger partial charge in [0.25, 0.3) is 9.84 Å². The van der Waals surface area contributed by atoms with Crippen LogP contribution < -0.4 is 16.3 Å². The first-order chi connectivity index (χ1) is 18.0. The second-order valence-corrected chi connectivity index (χ2v) is 9.94. The van der Waals surface area contributed by atoms with Gasteiger partial charge >= 0.3 is 17.2 Å². The molecule has 0 spiro atoms. The summed E-state index contributed by atoms with van der Waals surface area (Å²) in [6.45, 7) is 0.179. The molecule has 0 aliphatic heterocycles. The van der Waals surface area contributed by atoms with Crippen LogP contribution in [0.1, 0.15) is 11.1 Å². The van der Waals surface area contributed by atoms with Gasteiger partial charge in [0, 0.05) is 12.7 Å². The van der Waals surface area contributed by atoms with Crippen LogP contribution in [0.5, 0.6) is 5.88 Å². The molecule has 0 fully saturated rings. The van der Waals surface area contributed by atoms with E-state index in [1.54, 1.807) is 6.07 Å². The average Bonchev–Trinajstić information content (AvgIpc) is 3.16. The number of benzene rings is 2. The molecule has 198 valence electrons. The number of carbonyl (C=O) groups excluding carboxylic acids is 1. The van der Waals surface area contributed by atoms with E-state index in [2.05, 4.69) is 15.6 Å². The van der Waals surface area contributed by atoms with Crippen molar-refractivity contribution in [2.75, 3.05) is 5.32 Å². The number of sulfone groups is 1. The number of rotatable bonds is 7. The van der Waals surface area contributed by atoms with E-state index in [0.717, 1.165) is 33.0 Å². The van der Waals surface area contributed by atoms with Crippen molar-refractivity contribution in [2.45, 2.75) is 23.5 Å². The van der Waals surface area contributed by atoms with Crippen LogP contribution in [0.4, 0.5) is 23.7 Å². The van der Waals surface area contributed by atoms with Crippen molar-refractivity contribution in [3.05, 3.63) is 101 Å². The number of nitrogens with zero attached hydrogens (tertiary/aromatic N) is 3. The SMILES string of the molecule is O=C(NCc1ccccc1)Nc1cnccc1Cn1cc(O)n(-c2ccc(S(=O)(=O)C(F)(F)F)cc2)c1=O. The fourth-order valence-corrected chi connectivity index (χ4v) is 4.31. The molecular formula is C24H20F3N5O5S. The standard InChI is InChI=1S/C24H20F3N5O5S/c25-24(26,27)38(36,37)19-8-6-18(7-9-19)32-21(33)15-31(23(32)35)14-17-10-11-28-13-20(17)30-22(34)29-12-16-4-2-1-3-5-16/h1-11,13,15,33H,12,14H2,(H2,29,30,34). The van der Waals surface area contributed by atoms with E-state index in [0.29, 0.717) is 23.4 Å². The van der Waals surface area contributed by atoms with E-state index in [1.165, 1.54) is 12.4 Å². The van der Waals surface area contributed by atoms with Crippen LogP contribution >= 0.6 is 0 Å². The number of halogens is 3. The second-order valence-electron chi connectivity index (χ2n) is 8.00. The molecule has 2 heterocycles. The van der Waals surface area contributed by atoms with Crippen molar-refractivity contribution >= 4 is 21.6 Å². The van der Waals surface area contributed by atoms with Crippen molar-refractivity contribution in [2.24, 2.45) is 0 Å². The van der Waals surface area contributed by atoms with Crippen molar-refractivity contribution in [3.63, 3.8) is 0 Å². The molecule has 0 bridgehead atoms. The number of alkyl halides is 3. The highest BCUT2D eigenvalue weighted by molar-refractivity contribution is 7.92. The van der Waals surface area contributed by atoms with Crippen molar-refractivity contribution in [1.29, 1.82) is 0 Å². The Morgan fingerprint density at radius 1 is 1.03 bits per heavy atom. The van der Waals surface area contributed by atoms with Crippen LogP contribution in [0.3, 0.4) is 0 Å². The third-order valence-electron chi connectivity index (χ3n) is 5.44. The fourth-order valence-electron chi connectivity index (χ4n) is 3.54. The van der Waals surface area contributed by atoms with Gasteiger partial charge in [-0.15, -0.1) is 0 Å². The maximum absolute atomic E-state index is 13.0. The van der Waals surface area contributed by atoms with E-state index < -0.39 is 37.8 Å². The van der Waals surface area contributed by atoms with Crippen molar-refractivity contribution < 1.29 is 31.5 Å². The number of aromatic hydroxyl groups is 1. The number of anilines is 1. The quantitative estimate of drug-likeness (QED) is 0.325. The minimum Gasteiger partial charge on any atom is -0.493 e. The van der Waals surface area contributed by atoms with Crippen molar-refractivity contribution in [3.8, 4) is 11.6 Å². The third kappa shape index (κ3) is 5.54. The minimum absolute atomic E-state index is 0.0549. The molecule has 0 radical (unpaired) electrons. The van der Waals surface area contributed by atoms with Gasteiger partial charge in [0.05, 0.1) is 35.2 Å². The zero-order valence-electron chi connectivity index (χ0n) is 19.4. The number of carbonyl (C=O) groups is 1. The van der Waals surface area contributed by atoms with E-state index in [9.17, 15) is 36.3 Å². The van der Waals surface area contributed by atoms with Crippen LogP contribution in [0.15, 0.2) is 88.9 Å². The summed E-state index contributed by atoms with van der Waals surface area (Å²) in [5.41, 5.74) is -4.63. The van der Waals surface area contributed by atoms with Gasteiger partial charge in [0.15, 0.2) is 0 Å². The normalized spacial score (nSPS) is 11.8. The molecule has 4 rings (SSSR count). The average molecular weight is 548 g/mol. The summed E-state index contributed by atoms with van der Waals surface area (Å²) in [6.07, 6.45) is 3.94. The molecule has 0 saturated heterocycles. The summed E-state index contributed by atoms with van der Waals surface area (Å²) >= 11 is 0. The number of pyridine rings is 1. The molecule has 2 amide bonds. The summed E-state index contributed by atoms with van der Waals surface area (Å²) in [5.74, 6) is -0.536. The Bertz CT molecular complexity index is 1620. The maximum Gasteiger partial charge on any atom is 0.501 e. The molecule has 0 aliphatic rings. The number of amides is 2. The number of hydrogen-bond acceptors (Lipinski definition) is 6. The highest BCUT2D eigenvalue weighted by atomic mass is 32.2. The largest absolute Gasteiger partial charge is 0.501 e. The first kappa shape index (κ1) is 26.5. The molecule has 0 aliphatic carbocycles. The zero-order valence-corrected chi connectivity index (χ0v) is 20.2. The van der Waals surface area contributed by atoms with Gasteiger partial charge in [0.1, 0.15) is 0 Å². The van der Waals surface area contributed by atoms with E-state index in [-0.39, 0.29) is 18.8 Å². The molecule has 3 N–H and O–H groups in total. The van der Waals surface area contributed by atoms with Gasteiger partial charge in [0.2, 0.25) is 5.88 Å². The van der Waals surface area contributed by atoms with Crippen LogP contribution in [-0.4, -0.2) is 39.2 Å². The van der Waals surface area contributed by atoms with Gasteiger partial charge in [-0.25, -0.2) is 22.6 Å². The summed E-state index contributed by atoms with van der Waals surface area (Å²) in [4.78, 5) is 28.3. The predicted molar refractivity (Wildman–Crippen MR) is 131 cm³/mol. The molecule has 0 atom stereocenters. The Morgan fingerprint density at radius 2 is 1.71 bits per heavy atom. The highest BCUT2D eigenvalue weighted by Gasteiger charge is 2.46. The molecule has 14 heteroatoms. The van der Waals surface area contributed by atoms with Crippen molar-refractivity contribution in [1.82, 2.24) is 19.4 Å². The monoisotopic (exact) mass is 547 g/mol. The Balaban J connectivity index is 1.53. The van der Waals surface area contributed by atoms with Gasteiger partial charge < -0.3 is 15.7 Å². The lowest BCUT2D eigenvalue weighted by molar-refractivity contribution is -0.0436. The van der Waals surface area contributed by atoms with Crippen LogP contribution in [0.2, 0.25) is 0 Å². The highest BCUT2D eigenvalue weighted by Crippen LogP contribution is 2.30. The molecule has 10 nitrogen and oxygen atoms in total. The van der Waals surface area contributed by atoms with Gasteiger partial charge in [-0.1, -0.05) is 30.3 Å². The summed E-state index contributed by atoms with van der Waals surface area (Å²) in [7, 11) is -5.57. The molecule has 0 unspecified atom stereocenters. The molecular weight excluding hydrogens is 527 g/mol. The van der Waals surface area contributed by atoms with Gasteiger partial charge in [-0.2, -0.15) is 13.2 Å². The Hall–Kier alpha value is -4.59. The topological polar surface area (TPSA) is 135 Å². The maximum atomic E-state index is 13.0. The fraction of sp³-hybridized carbons (Fsp3) is 0.125. The lowest BCUT2D eigenvalue weighted by atomic mass is 10.2. The summed E-state index contributed by atoms with van der Waals surface area (Å²) < 4.78 is 63.4. The molecule has 38 heavy (non-hydrogen) atoms. The minimum atomic E-state index is -5.57. The van der Waals surface area contributed by atoms with Gasteiger partial charge in [-0.05, 0) is 41.5 Å². The Morgan fingerprint density at radius 3 is 2.37 bits per heavy atom. The third-order valence-corrected chi connectivity index (χ3v) is 6.95. The van der Waals surface area contributed by atoms with E-state index in [1.807, 2.05) is 30.3 Å². The number of hydrogen-bond donors (Lipinski definition) is 3. The lowest BCUT2D eigenvalue weighted by Gasteiger charge is -2.12. The number of nitrogens with one attached hydrogen (secondary N) is 2. The smallest absolute Gasteiger partial charge is 0.493 e. The Kier molecular flexibility index (Phi) is 7.26. The number of urea groups is 1. The molecule has 2 aromatic carbocycles. The number of imidazole rings is 1. The van der Waals surface area contributed by atoms with Crippen LogP contribution in [0.25, 0.3) is 5.69 Å². The van der Waals surface area contributed by atoms with E-state index >= 15 is 0 Å². The molecule has 0 saturated carbocycles. The summed E-state index contributed by atoms with van der Waals surface area (Å²) in [6, 6.07) is 13.6. The van der Waals surface area contributed by atoms with Crippen LogP contribution in [-0.2, 0) is 22.9 Å². The van der Waals surface area contributed by atoms with Crippen LogP contribution in [0, 0.1) is 0 Å². The molecule has 2 aromatic heterocycles. The molecule has 4 aromatic rings. The predicted octanol–water partition coefficient (Wildman–Crippen LogP) is 3.40. The summed E-state index contributed by atoms with van der Waals surface area (Å²) in [5, 5.41) is 15.7. The first-order valence-corrected chi connectivity index (χ1v) is 12.4. The lowest BCUT2D eigenvalue weighted by Crippen LogP contribution is -2.29. The number of aromatic nitrogens is 3.